The maximum absolute atomic E-state index is 13.6. The maximum atomic E-state index is 13.6. The third-order valence-corrected chi connectivity index (χ3v) is 5.13. The minimum Gasteiger partial charge on any atom is -0.383 e. The van der Waals surface area contributed by atoms with Crippen LogP contribution in [0.2, 0.25) is 0 Å². The average molecular weight is 382 g/mol. The average Bonchev–Trinajstić information content (AvgIpc) is 2.99. The first-order valence-corrected chi connectivity index (χ1v) is 9.17. The highest BCUT2D eigenvalue weighted by Gasteiger charge is 2.53. The van der Waals surface area contributed by atoms with Crippen LogP contribution in [0.1, 0.15) is 42.5 Å². The van der Waals surface area contributed by atoms with Crippen LogP contribution in [0.25, 0.3) is 0 Å². The van der Waals surface area contributed by atoms with Crippen LogP contribution in [0.5, 0.6) is 0 Å². The molecular weight excluding hydrogens is 358 g/mol. The lowest BCUT2D eigenvalue weighted by Gasteiger charge is -2.41. The van der Waals surface area contributed by atoms with E-state index in [0.29, 0.717) is 32.1 Å². The molecule has 1 aliphatic heterocycles. The van der Waals surface area contributed by atoms with Gasteiger partial charge < -0.3 is 14.8 Å². The molecule has 2 amide bonds. The van der Waals surface area contributed by atoms with Gasteiger partial charge in [-0.1, -0.05) is 6.42 Å². The van der Waals surface area contributed by atoms with Gasteiger partial charge in [-0.25, -0.2) is 8.78 Å². The van der Waals surface area contributed by atoms with Crippen molar-refractivity contribution < 1.29 is 27.8 Å². The molecule has 1 atom stereocenters. The van der Waals surface area contributed by atoms with Crippen LogP contribution in [0.4, 0.5) is 8.78 Å². The van der Waals surface area contributed by atoms with Crippen LogP contribution in [0.15, 0.2) is 18.2 Å². The molecule has 8 heteroatoms. The van der Waals surface area contributed by atoms with Crippen LogP contribution in [-0.2, 0) is 14.3 Å². The third-order valence-electron chi connectivity index (χ3n) is 5.13. The fourth-order valence-corrected chi connectivity index (χ4v) is 3.88. The van der Waals surface area contributed by atoms with E-state index in [0.717, 1.165) is 31.4 Å². The van der Waals surface area contributed by atoms with Gasteiger partial charge in [-0.15, -0.1) is 0 Å². The molecule has 1 spiro atoms. The van der Waals surface area contributed by atoms with Crippen molar-refractivity contribution in [2.45, 2.75) is 43.9 Å². The van der Waals surface area contributed by atoms with E-state index in [4.69, 9.17) is 9.47 Å². The second-order valence-corrected chi connectivity index (χ2v) is 6.95. The van der Waals surface area contributed by atoms with E-state index in [1.54, 1.807) is 0 Å². The predicted octanol–water partition coefficient (Wildman–Crippen LogP) is 2.23. The van der Waals surface area contributed by atoms with E-state index in [1.165, 1.54) is 12.0 Å². The van der Waals surface area contributed by atoms with Gasteiger partial charge in [0.05, 0.1) is 13.2 Å². The number of hydrogen-bond donors (Lipinski definition) is 1. The van der Waals surface area contributed by atoms with Crippen molar-refractivity contribution in [3.63, 3.8) is 0 Å². The Morgan fingerprint density at radius 3 is 2.52 bits per heavy atom. The number of methoxy groups -OCH3 is 1. The van der Waals surface area contributed by atoms with Crippen LogP contribution in [0, 0.1) is 11.6 Å². The summed E-state index contributed by atoms with van der Waals surface area (Å²) in [5.74, 6) is -2.63. The summed E-state index contributed by atoms with van der Waals surface area (Å²) in [6, 6.07) is 1.84. The fraction of sp³-hybridized carbons (Fsp3) is 0.579. The topological polar surface area (TPSA) is 67.9 Å². The molecule has 1 saturated heterocycles. The molecule has 0 unspecified atom stereocenters. The predicted molar refractivity (Wildman–Crippen MR) is 93.0 cm³/mol. The number of nitrogens with zero attached hydrogens (tertiary/aromatic N) is 1. The first-order chi connectivity index (χ1) is 13.0. The second-order valence-electron chi connectivity index (χ2n) is 6.95. The third kappa shape index (κ3) is 4.11. The van der Waals surface area contributed by atoms with E-state index in [-0.39, 0.29) is 18.1 Å². The molecule has 3 rings (SSSR count). The van der Waals surface area contributed by atoms with Crippen molar-refractivity contribution >= 4 is 11.8 Å². The van der Waals surface area contributed by atoms with E-state index in [1.807, 2.05) is 0 Å². The highest BCUT2D eigenvalue weighted by molar-refractivity contribution is 5.98. The zero-order valence-corrected chi connectivity index (χ0v) is 15.3. The van der Waals surface area contributed by atoms with Crippen LogP contribution in [-0.4, -0.2) is 55.3 Å². The summed E-state index contributed by atoms with van der Waals surface area (Å²) in [4.78, 5) is 27.2. The molecule has 1 N–H and O–H groups in total. The summed E-state index contributed by atoms with van der Waals surface area (Å²) in [6.45, 7) is 0.700. The number of halogens is 2. The van der Waals surface area contributed by atoms with Gasteiger partial charge in [0.1, 0.15) is 23.4 Å². The Bertz CT molecular complexity index is 687. The minimum absolute atomic E-state index is 0.0579. The van der Waals surface area contributed by atoms with Gasteiger partial charge in [0.25, 0.3) is 5.91 Å². The lowest BCUT2D eigenvalue weighted by molar-refractivity contribution is -0.127. The van der Waals surface area contributed by atoms with E-state index < -0.39 is 29.3 Å². The highest BCUT2D eigenvalue weighted by atomic mass is 19.1. The number of carbonyl (C=O) groups is 2. The Labute approximate surface area is 156 Å². The number of ether oxygens (including phenoxy) is 2. The largest absolute Gasteiger partial charge is 0.383 e. The summed E-state index contributed by atoms with van der Waals surface area (Å²) in [5, 5.41) is 2.72. The fourth-order valence-electron chi connectivity index (χ4n) is 3.88. The molecule has 0 bridgehead atoms. The first kappa shape index (κ1) is 19.7. The summed E-state index contributed by atoms with van der Waals surface area (Å²) < 4.78 is 38.2. The Morgan fingerprint density at radius 1 is 1.22 bits per heavy atom. The van der Waals surface area contributed by atoms with Crippen LogP contribution in [0.3, 0.4) is 0 Å². The van der Waals surface area contributed by atoms with Crippen molar-refractivity contribution in [3.05, 3.63) is 35.4 Å². The standard InChI is InChI=1S/C19H24F2N2O4/c1-26-8-7-22-17(24)16-12-27-19(5-3-2-4-6-19)23(16)18(25)13-9-14(20)11-15(21)10-13/h9-11,16H,2-8,12H2,1H3,(H,22,24)/t16-/m1/s1. The molecule has 1 saturated carbocycles. The molecule has 0 aromatic heterocycles. The van der Waals surface area contributed by atoms with Gasteiger partial charge in [0.2, 0.25) is 5.91 Å². The molecule has 2 fully saturated rings. The van der Waals surface area contributed by atoms with Crippen LogP contribution < -0.4 is 5.32 Å². The number of benzene rings is 1. The van der Waals surface area contributed by atoms with E-state index in [9.17, 15) is 18.4 Å². The van der Waals surface area contributed by atoms with Crippen molar-refractivity contribution in [2.24, 2.45) is 0 Å². The molecule has 1 aromatic rings. The van der Waals surface area contributed by atoms with Gasteiger partial charge in [0.15, 0.2) is 0 Å². The molecule has 2 aliphatic rings. The number of hydrogen-bond acceptors (Lipinski definition) is 4. The zero-order chi connectivity index (χ0) is 19.4. The number of carbonyl (C=O) groups excluding carboxylic acids is 2. The molecule has 6 nitrogen and oxygen atoms in total. The Morgan fingerprint density at radius 2 is 1.89 bits per heavy atom. The van der Waals surface area contributed by atoms with Crippen molar-refractivity contribution in [1.29, 1.82) is 0 Å². The van der Waals surface area contributed by atoms with E-state index in [2.05, 4.69) is 5.32 Å². The Kier molecular flexibility index (Phi) is 6.06. The Balaban J connectivity index is 1.90. The smallest absolute Gasteiger partial charge is 0.257 e. The lowest BCUT2D eigenvalue weighted by atomic mass is 9.89. The molecule has 148 valence electrons. The molecule has 1 aromatic carbocycles. The van der Waals surface area contributed by atoms with Crippen LogP contribution >= 0.6 is 0 Å². The number of nitrogens with one attached hydrogen (secondary N) is 1. The van der Waals surface area contributed by atoms with Crippen molar-refractivity contribution in [3.8, 4) is 0 Å². The van der Waals surface area contributed by atoms with Crippen molar-refractivity contribution in [2.75, 3.05) is 26.9 Å². The summed E-state index contributed by atoms with van der Waals surface area (Å²) in [6.07, 6.45) is 3.93. The monoisotopic (exact) mass is 382 g/mol. The molecule has 27 heavy (non-hydrogen) atoms. The summed E-state index contributed by atoms with van der Waals surface area (Å²) in [5.41, 5.74) is -1.03. The molecule has 1 aliphatic carbocycles. The second kappa shape index (κ2) is 8.31. The van der Waals surface area contributed by atoms with E-state index >= 15 is 0 Å². The lowest BCUT2D eigenvalue weighted by Crippen LogP contribution is -2.56. The van der Waals surface area contributed by atoms with Gasteiger partial charge >= 0.3 is 0 Å². The number of rotatable bonds is 5. The maximum Gasteiger partial charge on any atom is 0.257 e. The number of amides is 2. The quantitative estimate of drug-likeness (QED) is 0.793. The zero-order valence-electron chi connectivity index (χ0n) is 15.3. The van der Waals surface area contributed by atoms with Crippen molar-refractivity contribution in [1.82, 2.24) is 10.2 Å². The normalized spacial score (nSPS) is 21.4. The van der Waals surface area contributed by atoms with Gasteiger partial charge in [-0.05, 0) is 37.8 Å². The highest BCUT2D eigenvalue weighted by Crippen LogP contribution is 2.41. The first-order valence-electron chi connectivity index (χ1n) is 9.17. The summed E-state index contributed by atoms with van der Waals surface area (Å²) >= 11 is 0. The molecule has 0 radical (unpaired) electrons. The van der Waals surface area contributed by atoms with Gasteiger partial charge in [-0.2, -0.15) is 0 Å². The SMILES string of the molecule is COCCNC(=O)[C@H]1COC2(CCCCC2)N1C(=O)c1cc(F)cc(F)c1. The van der Waals surface area contributed by atoms with Gasteiger partial charge in [0, 0.05) is 25.3 Å². The van der Waals surface area contributed by atoms with Gasteiger partial charge in [-0.3, -0.25) is 14.5 Å². The molecular formula is C19H24F2N2O4. The summed E-state index contributed by atoms with van der Waals surface area (Å²) in [7, 11) is 1.52. The molecule has 1 heterocycles. The Hall–Kier alpha value is -2.06. The minimum atomic E-state index is -0.901.